The number of anilines is 2. The first-order valence-electron chi connectivity index (χ1n) is 12.2. The lowest BCUT2D eigenvalue weighted by atomic mass is 9.99. The molecular weight excluding hydrogens is 428 g/mol. The van der Waals surface area contributed by atoms with Crippen molar-refractivity contribution in [2.75, 3.05) is 23.0 Å². The summed E-state index contributed by atoms with van der Waals surface area (Å²) >= 11 is 0. The van der Waals surface area contributed by atoms with Crippen LogP contribution in [-0.2, 0) is 4.74 Å². The standard InChI is InChI=1S/C25H30N8O/c1-3-20-24-30-29-17(2)32(24)21-15-27-25(28-23(21)33(20)19-11-7-8-14-34-16-19)31-13-12-26-22(31)18-9-5-4-6-10-18/h4-6,9-10,12-13,15,19-20,24,30H,3,7-8,11,14,16H2,1-2H3/t19?,20-,24?/m1/s1. The molecule has 1 fully saturated rings. The molecule has 1 saturated heterocycles. The number of fused-ring (bicyclic) bond motifs is 3. The van der Waals surface area contributed by atoms with Crippen LogP contribution < -0.4 is 15.2 Å². The van der Waals surface area contributed by atoms with Crippen LogP contribution in [0.1, 0.15) is 39.5 Å². The summed E-state index contributed by atoms with van der Waals surface area (Å²) in [5.41, 5.74) is 5.38. The zero-order valence-electron chi connectivity index (χ0n) is 19.6. The Morgan fingerprint density at radius 2 is 2.03 bits per heavy atom. The van der Waals surface area contributed by atoms with Gasteiger partial charge < -0.3 is 9.64 Å². The fourth-order valence-electron chi connectivity index (χ4n) is 5.43. The van der Waals surface area contributed by atoms with Gasteiger partial charge in [-0.05, 0) is 32.6 Å². The molecule has 0 bridgehead atoms. The number of benzene rings is 1. The number of hydrazone groups is 1. The fraction of sp³-hybridized carbons (Fsp3) is 0.440. The van der Waals surface area contributed by atoms with E-state index in [0.717, 1.165) is 61.0 Å². The Labute approximate surface area is 199 Å². The molecular formula is C25H30N8O. The van der Waals surface area contributed by atoms with Crippen molar-refractivity contribution in [2.24, 2.45) is 5.10 Å². The lowest BCUT2D eigenvalue weighted by molar-refractivity contribution is 0.128. The van der Waals surface area contributed by atoms with Gasteiger partial charge in [0.2, 0.25) is 5.95 Å². The van der Waals surface area contributed by atoms with E-state index in [1.807, 2.05) is 42.1 Å². The fourth-order valence-corrected chi connectivity index (χ4v) is 5.43. The molecule has 2 aromatic heterocycles. The summed E-state index contributed by atoms with van der Waals surface area (Å²) in [7, 11) is 0. The van der Waals surface area contributed by atoms with Gasteiger partial charge in [0.1, 0.15) is 23.5 Å². The molecule has 0 spiro atoms. The Kier molecular flexibility index (Phi) is 5.41. The third-order valence-corrected chi connectivity index (χ3v) is 7.03. The molecule has 3 atom stereocenters. The SMILES string of the molecule is CC[C@@H]1C2NN=C(C)N2c2cnc(-n3ccnc3-c3ccccc3)nc2N1C1CCCCOC1. The van der Waals surface area contributed by atoms with Crippen LogP contribution in [0.5, 0.6) is 0 Å². The monoisotopic (exact) mass is 458 g/mol. The predicted molar refractivity (Wildman–Crippen MR) is 132 cm³/mol. The van der Waals surface area contributed by atoms with Crippen molar-refractivity contribution in [1.29, 1.82) is 0 Å². The molecule has 1 N–H and O–H groups in total. The molecule has 0 amide bonds. The Hall–Kier alpha value is -3.46. The van der Waals surface area contributed by atoms with Gasteiger partial charge in [-0.1, -0.05) is 37.3 Å². The molecule has 5 heterocycles. The van der Waals surface area contributed by atoms with Crippen LogP contribution in [-0.4, -0.2) is 56.8 Å². The van der Waals surface area contributed by atoms with Crippen molar-refractivity contribution in [2.45, 2.75) is 57.8 Å². The van der Waals surface area contributed by atoms with Crippen molar-refractivity contribution >= 4 is 17.3 Å². The van der Waals surface area contributed by atoms with E-state index in [9.17, 15) is 0 Å². The summed E-state index contributed by atoms with van der Waals surface area (Å²) in [6, 6.07) is 10.6. The van der Waals surface area contributed by atoms with Crippen molar-refractivity contribution in [1.82, 2.24) is 24.9 Å². The summed E-state index contributed by atoms with van der Waals surface area (Å²) in [6.07, 6.45) is 10.0. The molecule has 3 aliphatic heterocycles. The van der Waals surface area contributed by atoms with Gasteiger partial charge in [0, 0.05) is 24.6 Å². The van der Waals surface area contributed by atoms with Crippen LogP contribution in [0.4, 0.5) is 11.5 Å². The summed E-state index contributed by atoms with van der Waals surface area (Å²) in [5.74, 6) is 3.32. The first kappa shape index (κ1) is 21.1. The molecule has 6 rings (SSSR count). The molecule has 0 aliphatic carbocycles. The topological polar surface area (TPSA) is 83.7 Å². The maximum atomic E-state index is 6.02. The minimum Gasteiger partial charge on any atom is -0.379 e. The second kappa shape index (κ2) is 8.72. The first-order valence-corrected chi connectivity index (χ1v) is 12.2. The Bertz CT molecular complexity index is 1180. The van der Waals surface area contributed by atoms with Gasteiger partial charge in [-0.25, -0.2) is 9.97 Å². The number of imidazole rings is 1. The minimum absolute atomic E-state index is 0.0586. The summed E-state index contributed by atoms with van der Waals surface area (Å²) < 4.78 is 7.98. The van der Waals surface area contributed by atoms with Gasteiger partial charge in [0.25, 0.3) is 0 Å². The second-order valence-corrected chi connectivity index (χ2v) is 9.08. The second-order valence-electron chi connectivity index (χ2n) is 9.08. The van der Waals surface area contributed by atoms with Gasteiger partial charge in [0.15, 0.2) is 5.82 Å². The van der Waals surface area contributed by atoms with Crippen LogP contribution in [0.25, 0.3) is 17.3 Å². The van der Waals surface area contributed by atoms with Crippen molar-refractivity contribution in [3.63, 3.8) is 0 Å². The average molecular weight is 459 g/mol. The van der Waals surface area contributed by atoms with E-state index >= 15 is 0 Å². The van der Waals surface area contributed by atoms with Gasteiger partial charge in [0.05, 0.1) is 24.9 Å². The van der Waals surface area contributed by atoms with Crippen LogP contribution in [0.15, 0.2) is 54.0 Å². The van der Waals surface area contributed by atoms with Crippen LogP contribution in [0.3, 0.4) is 0 Å². The van der Waals surface area contributed by atoms with Crippen molar-refractivity contribution < 1.29 is 4.74 Å². The Morgan fingerprint density at radius 3 is 2.88 bits per heavy atom. The van der Waals surface area contributed by atoms with E-state index in [1.54, 1.807) is 6.20 Å². The largest absolute Gasteiger partial charge is 0.379 e. The number of ether oxygens (including phenoxy) is 1. The zero-order valence-corrected chi connectivity index (χ0v) is 19.6. The highest BCUT2D eigenvalue weighted by molar-refractivity contribution is 6.01. The molecule has 0 radical (unpaired) electrons. The highest BCUT2D eigenvalue weighted by Crippen LogP contribution is 2.41. The van der Waals surface area contributed by atoms with Gasteiger partial charge in [-0.15, -0.1) is 0 Å². The molecule has 34 heavy (non-hydrogen) atoms. The minimum atomic E-state index is 0.0586. The summed E-state index contributed by atoms with van der Waals surface area (Å²) in [6.45, 7) is 5.81. The van der Waals surface area contributed by atoms with E-state index in [0.29, 0.717) is 12.6 Å². The number of hydrogen-bond donors (Lipinski definition) is 1. The number of nitrogens with one attached hydrogen (secondary N) is 1. The summed E-state index contributed by atoms with van der Waals surface area (Å²) in [5, 5.41) is 4.57. The lowest BCUT2D eigenvalue weighted by Gasteiger charge is -2.48. The highest BCUT2D eigenvalue weighted by atomic mass is 16.5. The van der Waals surface area contributed by atoms with Crippen molar-refractivity contribution in [3.05, 3.63) is 48.9 Å². The highest BCUT2D eigenvalue weighted by Gasteiger charge is 2.45. The van der Waals surface area contributed by atoms with E-state index in [-0.39, 0.29) is 18.2 Å². The normalized spacial score (nSPS) is 24.2. The maximum Gasteiger partial charge on any atom is 0.237 e. The Morgan fingerprint density at radius 1 is 1.15 bits per heavy atom. The third-order valence-electron chi connectivity index (χ3n) is 7.03. The molecule has 176 valence electrons. The maximum absolute atomic E-state index is 6.02. The molecule has 9 heteroatoms. The first-order chi connectivity index (χ1) is 16.8. The smallest absolute Gasteiger partial charge is 0.237 e. The van der Waals surface area contributed by atoms with E-state index < -0.39 is 0 Å². The molecule has 2 unspecified atom stereocenters. The predicted octanol–water partition coefficient (Wildman–Crippen LogP) is 3.57. The number of nitrogens with zero attached hydrogens (tertiary/aromatic N) is 7. The van der Waals surface area contributed by atoms with Crippen molar-refractivity contribution in [3.8, 4) is 17.3 Å². The number of hydrogen-bond acceptors (Lipinski definition) is 8. The zero-order chi connectivity index (χ0) is 23.1. The third kappa shape index (κ3) is 3.42. The molecule has 3 aromatic rings. The molecule has 0 saturated carbocycles. The van der Waals surface area contributed by atoms with Crippen LogP contribution in [0.2, 0.25) is 0 Å². The molecule has 3 aliphatic rings. The number of aromatic nitrogens is 4. The Balaban J connectivity index is 1.48. The van der Waals surface area contributed by atoms with Gasteiger partial charge in [-0.2, -0.15) is 10.1 Å². The van der Waals surface area contributed by atoms with E-state index in [4.69, 9.17) is 14.7 Å². The van der Waals surface area contributed by atoms with Gasteiger partial charge >= 0.3 is 0 Å². The van der Waals surface area contributed by atoms with Crippen LogP contribution in [0, 0.1) is 0 Å². The quantitative estimate of drug-likeness (QED) is 0.640. The lowest BCUT2D eigenvalue weighted by Crippen LogP contribution is -2.62. The summed E-state index contributed by atoms with van der Waals surface area (Å²) in [4.78, 5) is 19.3. The van der Waals surface area contributed by atoms with E-state index in [1.165, 1.54) is 0 Å². The van der Waals surface area contributed by atoms with Crippen LogP contribution >= 0.6 is 0 Å². The van der Waals surface area contributed by atoms with Gasteiger partial charge in [-0.3, -0.25) is 14.9 Å². The number of rotatable bonds is 4. The van der Waals surface area contributed by atoms with E-state index in [2.05, 4.69) is 44.4 Å². The molecule has 1 aromatic carbocycles. The number of amidine groups is 1. The molecule has 9 nitrogen and oxygen atoms in total. The average Bonchev–Trinajstić information content (AvgIpc) is 3.43.